The highest BCUT2D eigenvalue weighted by Gasteiger charge is 2.16. The van der Waals surface area contributed by atoms with Crippen LogP contribution in [0, 0.1) is 6.92 Å². The molecule has 7 heteroatoms. The molecule has 3 aromatic carbocycles. The van der Waals surface area contributed by atoms with Crippen molar-refractivity contribution in [2.45, 2.75) is 6.92 Å². The second-order valence-electron chi connectivity index (χ2n) is 8.06. The molecule has 0 saturated carbocycles. The molecule has 36 heavy (non-hydrogen) atoms. The molecule has 0 aliphatic heterocycles. The number of phenolic OH excluding ortho intramolecular Hbond substituents is 2. The van der Waals surface area contributed by atoms with Gasteiger partial charge in [-0.2, -0.15) is 5.10 Å². The summed E-state index contributed by atoms with van der Waals surface area (Å²) in [5.74, 6) is 0.211. The fraction of sp³-hybridized carbons (Fsp3) is 0.103. The molecule has 0 aliphatic rings. The van der Waals surface area contributed by atoms with Crippen LogP contribution in [0.5, 0.6) is 17.2 Å². The molecule has 0 unspecified atom stereocenters. The quantitative estimate of drug-likeness (QED) is 0.327. The van der Waals surface area contributed by atoms with Crippen molar-refractivity contribution >= 4 is 30.3 Å². The average molecular weight is 483 g/mol. The Hall–Kier alpha value is -4.78. The Bertz CT molecular complexity index is 1470. The monoisotopic (exact) mass is 482 g/mol. The third kappa shape index (κ3) is 5.31. The minimum atomic E-state index is -0.462. The molecule has 4 rings (SSSR count). The number of ether oxygens (including phenoxy) is 2. The first-order valence-corrected chi connectivity index (χ1v) is 11.2. The van der Waals surface area contributed by atoms with E-state index in [0.29, 0.717) is 22.7 Å². The zero-order valence-electron chi connectivity index (χ0n) is 20.2. The number of aromatic hydroxyl groups is 2. The molecule has 0 atom stereocenters. The average Bonchev–Trinajstić information content (AvgIpc) is 3.31. The third-order valence-electron chi connectivity index (χ3n) is 5.61. The van der Waals surface area contributed by atoms with E-state index in [2.05, 4.69) is 0 Å². The van der Waals surface area contributed by atoms with E-state index in [1.54, 1.807) is 47.1 Å². The third-order valence-corrected chi connectivity index (χ3v) is 5.61. The van der Waals surface area contributed by atoms with E-state index < -0.39 is 5.97 Å². The summed E-state index contributed by atoms with van der Waals surface area (Å²) in [5, 5.41) is 24.4. The van der Waals surface area contributed by atoms with Crippen molar-refractivity contribution in [3.05, 3.63) is 100 Å². The fourth-order valence-corrected chi connectivity index (χ4v) is 3.69. The Labute approximate surface area is 209 Å². The summed E-state index contributed by atoms with van der Waals surface area (Å²) < 4.78 is 11.9. The molecule has 1 aromatic heterocycles. The highest BCUT2D eigenvalue weighted by Crippen LogP contribution is 2.28. The van der Waals surface area contributed by atoms with Gasteiger partial charge in [0.15, 0.2) is 11.5 Å². The molecule has 0 radical (unpaired) electrons. The molecule has 182 valence electrons. The predicted octanol–water partition coefficient (Wildman–Crippen LogP) is 5.73. The number of aryl methyl sites for hydroxylation is 1. The van der Waals surface area contributed by atoms with Gasteiger partial charge >= 0.3 is 5.97 Å². The van der Waals surface area contributed by atoms with Crippen molar-refractivity contribution in [2.24, 2.45) is 0 Å². The van der Waals surface area contributed by atoms with Crippen molar-refractivity contribution in [1.82, 2.24) is 9.78 Å². The molecule has 4 aromatic rings. The molecular formula is C29H26N2O5. The van der Waals surface area contributed by atoms with Crippen molar-refractivity contribution < 1.29 is 24.5 Å². The normalized spacial score (nSPS) is 11.3. The van der Waals surface area contributed by atoms with Crippen molar-refractivity contribution in [3.63, 3.8) is 0 Å². The summed E-state index contributed by atoms with van der Waals surface area (Å²) in [6.07, 6.45) is 7.51. The molecule has 0 aliphatic carbocycles. The van der Waals surface area contributed by atoms with Crippen LogP contribution in [0.1, 0.15) is 38.4 Å². The number of rotatable bonds is 7. The zero-order chi connectivity index (χ0) is 25.7. The van der Waals surface area contributed by atoms with Gasteiger partial charge in [-0.25, -0.2) is 9.48 Å². The Morgan fingerprint density at radius 2 is 1.56 bits per heavy atom. The lowest BCUT2D eigenvalue weighted by molar-refractivity contribution is 0.0600. The summed E-state index contributed by atoms with van der Waals surface area (Å²) in [6.45, 7) is 1.84. The number of methoxy groups -OCH3 is 2. The number of benzene rings is 3. The van der Waals surface area contributed by atoms with Crippen LogP contribution in [0.25, 0.3) is 30.0 Å². The number of esters is 1. The first-order chi connectivity index (χ1) is 17.4. The van der Waals surface area contributed by atoms with Crippen LogP contribution in [-0.2, 0) is 4.74 Å². The topological polar surface area (TPSA) is 93.8 Å². The molecule has 0 saturated heterocycles. The van der Waals surface area contributed by atoms with Crippen LogP contribution in [0.4, 0.5) is 0 Å². The van der Waals surface area contributed by atoms with E-state index in [1.807, 2.05) is 55.5 Å². The van der Waals surface area contributed by atoms with Crippen LogP contribution >= 0.6 is 0 Å². The van der Waals surface area contributed by atoms with Gasteiger partial charge < -0.3 is 19.7 Å². The van der Waals surface area contributed by atoms with Gasteiger partial charge in [-0.15, -0.1) is 0 Å². The Balaban J connectivity index is 1.77. The van der Waals surface area contributed by atoms with Gasteiger partial charge in [-0.05, 0) is 78.2 Å². The van der Waals surface area contributed by atoms with Crippen molar-refractivity contribution in [3.8, 4) is 22.9 Å². The van der Waals surface area contributed by atoms with Crippen LogP contribution in [0.2, 0.25) is 0 Å². The number of hydrogen-bond acceptors (Lipinski definition) is 6. The molecule has 0 bridgehead atoms. The highest BCUT2D eigenvalue weighted by molar-refractivity contribution is 5.93. The summed E-state index contributed by atoms with van der Waals surface area (Å²) in [6, 6.07) is 19.4. The number of phenols is 2. The van der Waals surface area contributed by atoms with Crippen LogP contribution in [0.15, 0.2) is 66.7 Å². The fourth-order valence-electron chi connectivity index (χ4n) is 3.69. The second-order valence-corrected chi connectivity index (χ2v) is 8.06. The van der Waals surface area contributed by atoms with Gasteiger partial charge in [0.2, 0.25) is 0 Å². The maximum Gasteiger partial charge on any atom is 0.340 e. The SMILES string of the molecule is COC(=O)c1ccccc1-n1nc(/C=C/c2ccc(O)c(C)c2)cc1/C=C/c1ccc(O)c(OC)c1. The first-order valence-electron chi connectivity index (χ1n) is 11.2. The summed E-state index contributed by atoms with van der Waals surface area (Å²) in [4.78, 5) is 12.4. The van der Waals surface area contributed by atoms with Crippen LogP contribution < -0.4 is 4.74 Å². The number of aromatic nitrogens is 2. The standard InChI is InChI=1S/C29H26N2O5/c1-19-16-20(10-14-26(19)32)8-12-22-18-23(13-9-21-11-15-27(33)28(17-21)35-2)31(30-22)25-7-5-4-6-24(25)29(34)36-3/h4-18,32-33H,1-3H3/b12-8+,13-9+. The molecule has 1 heterocycles. The first kappa shape index (κ1) is 24.3. The molecule has 0 amide bonds. The van der Waals surface area contributed by atoms with Crippen LogP contribution in [0.3, 0.4) is 0 Å². The highest BCUT2D eigenvalue weighted by atomic mass is 16.5. The van der Waals surface area contributed by atoms with Gasteiger partial charge in [-0.1, -0.05) is 36.4 Å². The minimum Gasteiger partial charge on any atom is -0.508 e. The summed E-state index contributed by atoms with van der Waals surface area (Å²) in [5.41, 5.74) is 4.87. The largest absolute Gasteiger partial charge is 0.508 e. The van der Waals surface area contributed by atoms with E-state index in [-0.39, 0.29) is 11.5 Å². The van der Waals surface area contributed by atoms with E-state index in [9.17, 15) is 15.0 Å². The van der Waals surface area contributed by atoms with E-state index in [1.165, 1.54) is 14.2 Å². The Kier molecular flexibility index (Phi) is 7.20. The van der Waals surface area contributed by atoms with Gasteiger partial charge in [0.05, 0.1) is 36.9 Å². The predicted molar refractivity (Wildman–Crippen MR) is 140 cm³/mol. The minimum absolute atomic E-state index is 0.0589. The van der Waals surface area contributed by atoms with Crippen LogP contribution in [-0.4, -0.2) is 40.2 Å². The van der Waals surface area contributed by atoms with Crippen molar-refractivity contribution in [2.75, 3.05) is 14.2 Å². The van der Waals surface area contributed by atoms with E-state index >= 15 is 0 Å². The zero-order valence-corrected chi connectivity index (χ0v) is 20.2. The molecule has 0 fully saturated rings. The van der Waals surface area contributed by atoms with Gasteiger partial charge in [0, 0.05) is 0 Å². The maximum atomic E-state index is 12.4. The summed E-state index contributed by atoms with van der Waals surface area (Å²) >= 11 is 0. The molecular weight excluding hydrogens is 456 g/mol. The van der Waals surface area contributed by atoms with E-state index in [4.69, 9.17) is 14.6 Å². The Morgan fingerprint density at radius 3 is 2.28 bits per heavy atom. The second kappa shape index (κ2) is 10.7. The smallest absolute Gasteiger partial charge is 0.340 e. The van der Waals surface area contributed by atoms with Gasteiger partial charge in [0.1, 0.15) is 5.75 Å². The number of hydrogen-bond donors (Lipinski definition) is 2. The maximum absolute atomic E-state index is 12.4. The number of carbonyl (C=O) groups excluding carboxylic acids is 1. The lowest BCUT2D eigenvalue weighted by atomic mass is 10.1. The molecule has 7 nitrogen and oxygen atoms in total. The molecule has 0 spiro atoms. The van der Waals surface area contributed by atoms with Crippen molar-refractivity contribution in [1.29, 1.82) is 0 Å². The Morgan fingerprint density at radius 1 is 0.861 bits per heavy atom. The van der Waals surface area contributed by atoms with Gasteiger partial charge in [0.25, 0.3) is 0 Å². The number of carbonyl (C=O) groups is 1. The van der Waals surface area contributed by atoms with Gasteiger partial charge in [-0.3, -0.25) is 0 Å². The lowest BCUT2D eigenvalue weighted by Crippen LogP contribution is -2.09. The summed E-state index contributed by atoms with van der Waals surface area (Å²) in [7, 11) is 2.84. The number of nitrogens with zero attached hydrogens (tertiary/aromatic N) is 2. The lowest BCUT2D eigenvalue weighted by Gasteiger charge is -2.10. The van der Waals surface area contributed by atoms with E-state index in [0.717, 1.165) is 22.4 Å². The number of para-hydroxylation sites is 1. The molecule has 2 N–H and O–H groups in total.